The van der Waals surface area contributed by atoms with Gasteiger partial charge in [-0.05, 0) is 24.3 Å². The van der Waals surface area contributed by atoms with Gasteiger partial charge < -0.3 is 15.4 Å². The smallest absolute Gasteiger partial charge is 0.262 e. The van der Waals surface area contributed by atoms with Crippen molar-refractivity contribution >= 4 is 34.8 Å². The van der Waals surface area contributed by atoms with Crippen LogP contribution in [0.3, 0.4) is 0 Å². The van der Waals surface area contributed by atoms with E-state index in [1.165, 1.54) is 0 Å². The standard InChI is InChI=1S/C15H10ClFN2O3/c16-9-3-1-8(2-4-9)15(21)19-12-6-10(17)5-11-14(12)22-7-13(20)18-11/h1-6H,7H2,(H,18,20)(H,19,21). The van der Waals surface area contributed by atoms with Crippen LogP contribution in [-0.4, -0.2) is 18.4 Å². The molecule has 0 aliphatic carbocycles. The molecule has 2 N–H and O–H groups in total. The molecule has 0 aromatic heterocycles. The summed E-state index contributed by atoms with van der Waals surface area (Å²) >= 11 is 5.76. The second kappa shape index (κ2) is 5.65. The molecule has 0 spiro atoms. The van der Waals surface area contributed by atoms with Crippen molar-refractivity contribution in [1.29, 1.82) is 0 Å². The summed E-state index contributed by atoms with van der Waals surface area (Å²) in [5.74, 6) is -1.20. The lowest BCUT2D eigenvalue weighted by Gasteiger charge is -2.21. The molecule has 112 valence electrons. The number of halogens is 2. The summed E-state index contributed by atoms with van der Waals surface area (Å²) in [4.78, 5) is 23.4. The van der Waals surface area contributed by atoms with Gasteiger partial charge in [0.05, 0.1) is 11.4 Å². The van der Waals surface area contributed by atoms with Gasteiger partial charge in [-0.25, -0.2) is 4.39 Å². The molecule has 2 aromatic carbocycles. The molecule has 0 saturated heterocycles. The van der Waals surface area contributed by atoms with E-state index in [1.54, 1.807) is 24.3 Å². The van der Waals surface area contributed by atoms with Gasteiger partial charge in [-0.2, -0.15) is 0 Å². The van der Waals surface area contributed by atoms with E-state index in [0.29, 0.717) is 10.6 Å². The summed E-state index contributed by atoms with van der Waals surface area (Å²) in [6, 6.07) is 8.51. The number of nitrogens with one attached hydrogen (secondary N) is 2. The summed E-state index contributed by atoms with van der Waals surface area (Å²) in [6.07, 6.45) is 0. The van der Waals surface area contributed by atoms with Gasteiger partial charge in [0.1, 0.15) is 5.82 Å². The molecule has 2 amide bonds. The number of ether oxygens (including phenoxy) is 1. The van der Waals surface area contributed by atoms with Crippen molar-refractivity contribution in [2.24, 2.45) is 0 Å². The number of anilines is 2. The van der Waals surface area contributed by atoms with Crippen LogP contribution in [0, 0.1) is 5.82 Å². The number of carbonyl (C=O) groups is 2. The van der Waals surface area contributed by atoms with Crippen molar-refractivity contribution in [1.82, 2.24) is 0 Å². The fourth-order valence-electron chi connectivity index (χ4n) is 2.05. The second-order valence-electron chi connectivity index (χ2n) is 4.63. The molecule has 0 atom stereocenters. The highest BCUT2D eigenvalue weighted by molar-refractivity contribution is 6.30. The maximum absolute atomic E-state index is 13.6. The van der Waals surface area contributed by atoms with Crippen molar-refractivity contribution in [2.45, 2.75) is 0 Å². The van der Waals surface area contributed by atoms with Crippen LogP contribution in [0.5, 0.6) is 5.75 Å². The normalized spacial score (nSPS) is 12.9. The largest absolute Gasteiger partial charge is 0.479 e. The molecule has 0 bridgehead atoms. The van der Waals surface area contributed by atoms with Gasteiger partial charge in [-0.3, -0.25) is 9.59 Å². The predicted octanol–water partition coefficient (Wildman–Crippen LogP) is 3.06. The quantitative estimate of drug-likeness (QED) is 0.893. The topological polar surface area (TPSA) is 67.4 Å². The fraction of sp³-hybridized carbons (Fsp3) is 0.0667. The molecule has 0 saturated carbocycles. The van der Waals surface area contributed by atoms with E-state index < -0.39 is 11.7 Å². The lowest BCUT2D eigenvalue weighted by molar-refractivity contribution is -0.118. The first kappa shape index (κ1) is 14.3. The van der Waals surface area contributed by atoms with Gasteiger partial charge in [0.15, 0.2) is 12.4 Å². The zero-order chi connectivity index (χ0) is 15.7. The molecule has 0 fully saturated rings. The van der Waals surface area contributed by atoms with E-state index in [1.807, 2.05) is 0 Å². The molecule has 1 aliphatic rings. The van der Waals surface area contributed by atoms with Gasteiger partial charge in [-0.1, -0.05) is 11.6 Å². The Labute approximate surface area is 130 Å². The highest BCUT2D eigenvalue weighted by Gasteiger charge is 2.22. The molecular weight excluding hydrogens is 311 g/mol. The van der Waals surface area contributed by atoms with Crippen molar-refractivity contribution < 1.29 is 18.7 Å². The maximum atomic E-state index is 13.6. The van der Waals surface area contributed by atoms with Crippen LogP contribution in [0.2, 0.25) is 5.02 Å². The number of hydrogen-bond acceptors (Lipinski definition) is 3. The van der Waals surface area contributed by atoms with Crippen LogP contribution in [0.1, 0.15) is 10.4 Å². The van der Waals surface area contributed by atoms with Crippen LogP contribution in [-0.2, 0) is 4.79 Å². The molecule has 0 unspecified atom stereocenters. The Morgan fingerprint density at radius 2 is 2.00 bits per heavy atom. The first-order chi connectivity index (χ1) is 10.5. The van der Waals surface area contributed by atoms with Gasteiger partial charge in [-0.15, -0.1) is 0 Å². The van der Waals surface area contributed by atoms with Crippen LogP contribution >= 0.6 is 11.6 Å². The minimum absolute atomic E-state index is 0.148. The lowest BCUT2D eigenvalue weighted by atomic mass is 10.2. The van der Waals surface area contributed by atoms with E-state index >= 15 is 0 Å². The number of hydrogen-bond donors (Lipinski definition) is 2. The average Bonchev–Trinajstić information content (AvgIpc) is 2.47. The second-order valence-corrected chi connectivity index (χ2v) is 5.06. The lowest BCUT2D eigenvalue weighted by Crippen LogP contribution is -2.26. The summed E-state index contributed by atoms with van der Waals surface area (Å²) in [7, 11) is 0. The van der Waals surface area contributed by atoms with Crippen molar-refractivity contribution in [3.63, 3.8) is 0 Å². The Morgan fingerprint density at radius 3 is 2.73 bits per heavy atom. The summed E-state index contributed by atoms with van der Waals surface area (Å²) in [6.45, 7) is -0.192. The molecule has 22 heavy (non-hydrogen) atoms. The highest BCUT2D eigenvalue weighted by atomic mass is 35.5. The molecule has 0 radical (unpaired) electrons. The number of amides is 2. The van der Waals surface area contributed by atoms with Crippen molar-refractivity contribution in [3.8, 4) is 5.75 Å². The number of benzene rings is 2. The third kappa shape index (κ3) is 2.87. The van der Waals surface area contributed by atoms with Crippen LogP contribution in [0.4, 0.5) is 15.8 Å². The summed E-state index contributed by atoms with van der Waals surface area (Å²) < 4.78 is 18.9. The first-order valence-electron chi connectivity index (χ1n) is 6.36. The minimum atomic E-state index is -0.601. The molecule has 1 aliphatic heterocycles. The van der Waals surface area contributed by atoms with Crippen molar-refractivity contribution in [2.75, 3.05) is 17.2 Å². The maximum Gasteiger partial charge on any atom is 0.262 e. The van der Waals surface area contributed by atoms with Crippen LogP contribution in [0.15, 0.2) is 36.4 Å². The van der Waals surface area contributed by atoms with Gasteiger partial charge >= 0.3 is 0 Å². The molecule has 7 heteroatoms. The zero-order valence-corrected chi connectivity index (χ0v) is 11.9. The number of rotatable bonds is 2. The third-order valence-corrected chi connectivity index (χ3v) is 3.28. The van der Waals surface area contributed by atoms with Crippen LogP contribution in [0.25, 0.3) is 0 Å². The predicted molar refractivity (Wildman–Crippen MR) is 79.9 cm³/mol. The molecule has 3 rings (SSSR count). The molecule has 5 nitrogen and oxygen atoms in total. The monoisotopic (exact) mass is 320 g/mol. The third-order valence-electron chi connectivity index (χ3n) is 3.03. The Hall–Kier alpha value is -2.60. The van der Waals surface area contributed by atoms with E-state index in [9.17, 15) is 14.0 Å². The van der Waals surface area contributed by atoms with E-state index in [2.05, 4.69) is 10.6 Å². The Morgan fingerprint density at radius 1 is 1.27 bits per heavy atom. The average molecular weight is 321 g/mol. The Balaban J connectivity index is 1.90. The van der Waals surface area contributed by atoms with Crippen molar-refractivity contribution in [3.05, 3.63) is 52.8 Å². The number of fused-ring (bicyclic) bond motifs is 1. The molecule has 1 heterocycles. The number of carbonyl (C=O) groups excluding carboxylic acids is 2. The minimum Gasteiger partial charge on any atom is -0.479 e. The van der Waals surface area contributed by atoms with Gasteiger partial charge in [0.2, 0.25) is 0 Å². The Kier molecular flexibility index (Phi) is 3.68. The van der Waals surface area contributed by atoms with E-state index in [4.69, 9.17) is 16.3 Å². The SMILES string of the molecule is O=C1COc2c(cc(F)cc2NC(=O)c2ccc(Cl)cc2)N1. The van der Waals surface area contributed by atoms with E-state index in [-0.39, 0.29) is 29.6 Å². The summed E-state index contributed by atoms with van der Waals surface area (Å²) in [5.41, 5.74) is 0.694. The first-order valence-corrected chi connectivity index (χ1v) is 6.74. The van der Waals surface area contributed by atoms with E-state index in [0.717, 1.165) is 12.1 Å². The zero-order valence-electron chi connectivity index (χ0n) is 11.2. The summed E-state index contributed by atoms with van der Waals surface area (Å²) in [5, 5.41) is 5.56. The molecule has 2 aromatic rings. The van der Waals surface area contributed by atoms with Gasteiger partial charge in [0, 0.05) is 22.7 Å². The highest BCUT2D eigenvalue weighted by Crippen LogP contribution is 2.36. The Bertz CT molecular complexity index is 762. The molecular formula is C15H10ClFN2O3. The van der Waals surface area contributed by atoms with Gasteiger partial charge in [0.25, 0.3) is 11.8 Å². The fourth-order valence-corrected chi connectivity index (χ4v) is 2.18. The van der Waals surface area contributed by atoms with Crippen LogP contribution < -0.4 is 15.4 Å².